The molecular weight excluding hydrogens is 664 g/mol. The number of carbonyl (C=O) groups excluding carboxylic acids is 2. The van der Waals surface area contributed by atoms with Gasteiger partial charge in [0.15, 0.2) is 5.78 Å². The topological polar surface area (TPSA) is 111 Å². The van der Waals surface area contributed by atoms with Crippen molar-refractivity contribution in [2.75, 3.05) is 44.9 Å². The summed E-state index contributed by atoms with van der Waals surface area (Å²) in [4.78, 5) is 28.6. The lowest BCUT2D eigenvalue weighted by molar-refractivity contribution is -0.127. The SMILES string of the molecule is COCCCC(=O)CO[C@H]1/C=C/C[C@H](C)[C@@H](C)S(=O)(=O)NC(=O)c2ccc3c(c2)N(C[C@@H]2CC[C@H]21)C[C@@]1(CCCc2cc(Cl)ccc21)CO3. The number of ether oxygens (including phenoxy) is 3. The highest BCUT2D eigenvalue weighted by atomic mass is 35.5. The van der Waals surface area contributed by atoms with Crippen LogP contribution in [0.5, 0.6) is 5.75 Å². The number of aryl methyl sites for hydroxylation is 1. The van der Waals surface area contributed by atoms with Gasteiger partial charge in [0, 0.05) is 49.2 Å². The Morgan fingerprint density at radius 1 is 1.16 bits per heavy atom. The lowest BCUT2D eigenvalue weighted by Crippen LogP contribution is -2.49. The molecule has 6 atom stereocenters. The highest BCUT2D eigenvalue weighted by molar-refractivity contribution is 7.90. The Balaban J connectivity index is 1.37. The largest absolute Gasteiger partial charge is 0.490 e. The maximum atomic E-state index is 13.5. The first kappa shape index (κ1) is 35.9. The third kappa shape index (κ3) is 7.87. The number of ketones is 1. The van der Waals surface area contributed by atoms with Gasteiger partial charge in [0.25, 0.3) is 5.91 Å². The molecule has 2 bridgehead atoms. The van der Waals surface area contributed by atoms with E-state index in [0.29, 0.717) is 51.3 Å². The first-order chi connectivity index (χ1) is 23.5. The highest BCUT2D eigenvalue weighted by Crippen LogP contribution is 2.47. The molecule has 1 amide bonds. The second-order valence-electron chi connectivity index (χ2n) is 14.5. The van der Waals surface area contributed by atoms with E-state index in [4.69, 9.17) is 25.8 Å². The Morgan fingerprint density at radius 3 is 2.78 bits per heavy atom. The van der Waals surface area contributed by atoms with Crippen molar-refractivity contribution in [2.24, 2.45) is 17.8 Å². The summed E-state index contributed by atoms with van der Waals surface area (Å²) in [6.45, 7) is 5.92. The fourth-order valence-corrected chi connectivity index (χ4v) is 9.47. The molecule has 266 valence electrons. The van der Waals surface area contributed by atoms with Crippen molar-refractivity contribution in [3.05, 3.63) is 70.3 Å². The van der Waals surface area contributed by atoms with Crippen LogP contribution in [0.2, 0.25) is 5.02 Å². The molecule has 4 aliphatic rings. The number of allylic oxidation sites excluding steroid dienone is 1. The molecule has 49 heavy (non-hydrogen) atoms. The zero-order chi connectivity index (χ0) is 34.8. The van der Waals surface area contributed by atoms with E-state index >= 15 is 0 Å². The summed E-state index contributed by atoms with van der Waals surface area (Å²) in [6, 6.07) is 11.4. The predicted molar refractivity (Wildman–Crippen MR) is 191 cm³/mol. The molecule has 2 aliphatic heterocycles. The summed E-state index contributed by atoms with van der Waals surface area (Å²) in [5.41, 5.74) is 3.25. The number of hydrogen-bond donors (Lipinski definition) is 1. The van der Waals surface area contributed by atoms with Crippen LogP contribution in [0, 0.1) is 17.8 Å². The van der Waals surface area contributed by atoms with Gasteiger partial charge in [0.2, 0.25) is 10.0 Å². The van der Waals surface area contributed by atoms with Crippen LogP contribution in [0.15, 0.2) is 48.6 Å². The number of hydrogen-bond acceptors (Lipinski definition) is 8. The number of nitrogens with one attached hydrogen (secondary N) is 1. The standard InChI is InChI=1S/C38H49ClN2O7S/c1-25-7-4-10-35(47-22-31(42)9-6-18-46-3)32-14-11-29(32)21-41-23-38(17-5-8-27-19-30(39)13-15-33(27)38)24-48-36-16-12-28(20-34(36)41)37(43)40-49(44,45)26(25)2/h4,10,12-13,15-16,19-20,25-26,29,32,35H,5-9,11,14,17-18,21-24H2,1-3H3,(H,40,43)/b10-4+/t25-,26+,29-,32+,35-,38-/m0/s1. The van der Waals surface area contributed by atoms with E-state index in [0.717, 1.165) is 42.8 Å². The third-order valence-corrected chi connectivity index (χ3v) is 13.4. The van der Waals surface area contributed by atoms with Gasteiger partial charge in [-0.3, -0.25) is 9.59 Å². The fraction of sp³-hybridized carbons (Fsp3) is 0.579. The lowest BCUT2D eigenvalue weighted by atomic mass is 9.68. The summed E-state index contributed by atoms with van der Waals surface area (Å²) < 4.78 is 47.2. The summed E-state index contributed by atoms with van der Waals surface area (Å²) in [6.07, 6.45) is 10.2. The van der Waals surface area contributed by atoms with Crippen LogP contribution in [0.1, 0.15) is 80.3 Å². The van der Waals surface area contributed by atoms with Gasteiger partial charge in [-0.05, 0) is 111 Å². The first-order valence-corrected chi connectivity index (χ1v) is 19.6. The summed E-state index contributed by atoms with van der Waals surface area (Å²) in [5, 5.41) is -0.0888. The van der Waals surface area contributed by atoms with E-state index in [1.54, 1.807) is 32.2 Å². The van der Waals surface area contributed by atoms with Crippen molar-refractivity contribution in [3.8, 4) is 5.75 Å². The van der Waals surface area contributed by atoms with Gasteiger partial charge < -0.3 is 19.1 Å². The van der Waals surface area contributed by atoms with Crippen LogP contribution in [0.25, 0.3) is 0 Å². The Bertz CT molecular complexity index is 1680. The quantitative estimate of drug-likeness (QED) is 0.265. The summed E-state index contributed by atoms with van der Waals surface area (Å²) in [7, 11) is -2.34. The third-order valence-electron chi connectivity index (χ3n) is 11.3. The van der Waals surface area contributed by atoms with E-state index in [2.05, 4.69) is 21.8 Å². The van der Waals surface area contributed by atoms with Crippen LogP contribution < -0.4 is 14.4 Å². The minimum absolute atomic E-state index is 0.0283. The molecule has 6 rings (SSSR count). The van der Waals surface area contributed by atoms with Crippen LogP contribution in [0.3, 0.4) is 0 Å². The zero-order valence-corrected chi connectivity index (χ0v) is 30.4. The van der Waals surface area contributed by atoms with Gasteiger partial charge in [-0.2, -0.15) is 0 Å². The molecule has 0 saturated heterocycles. The van der Waals surface area contributed by atoms with Gasteiger partial charge in [-0.1, -0.05) is 36.7 Å². The van der Waals surface area contributed by atoms with E-state index in [1.165, 1.54) is 11.1 Å². The average molecular weight is 713 g/mol. The molecule has 0 radical (unpaired) electrons. The van der Waals surface area contributed by atoms with E-state index in [-0.39, 0.29) is 47.2 Å². The smallest absolute Gasteiger partial charge is 0.264 e. The monoisotopic (exact) mass is 712 g/mol. The predicted octanol–water partition coefficient (Wildman–Crippen LogP) is 6.26. The first-order valence-electron chi connectivity index (χ1n) is 17.7. The summed E-state index contributed by atoms with van der Waals surface area (Å²) >= 11 is 6.44. The number of nitrogens with zero attached hydrogens (tertiary/aromatic N) is 1. The number of amides is 1. The number of methoxy groups -OCH3 is 1. The van der Waals surface area contributed by atoms with Crippen molar-refractivity contribution in [1.82, 2.24) is 4.72 Å². The number of carbonyl (C=O) groups is 2. The Hall–Kier alpha value is -2.92. The number of Topliss-reactive ketones (excluding diaryl/α,β-unsaturated/α-hetero) is 1. The van der Waals surface area contributed by atoms with Gasteiger partial charge in [-0.15, -0.1) is 0 Å². The molecular formula is C38H49ClN2O7S. The molecule has 2 aromatic rings. The maximum absolute atomic E-state index is 13.5. The molecule has 0 aromatic heterocycles. The molecule has 9 nitrogen and oxygen atoms in total. The van der Waals surface area contributed by atoms with Crippen molar-refractivity contribution >= 4 is 39.0 Å². The number of rotatable bonds is 7. The van der Waals surface area contributed by atoms with Crippen LogP contribution >= 0.6 is 11.6 Å². The maximum Gasteiger partial charge on any atom is 0.264 e. The molecule has 2 heterocycles. The Labute approximate surface area is 295 Å². The minimum atomic E-state index is -3.97. The van der Waals surface area contributed by atoms with Crippen molar-refractivity contribution in [3.63, 3.8) is 0 Å². The number of fused-ring (bicyclic) bond motifs is 4. The number of halogens is 1. The second kappa shape index (κ2) is 15.1. The molecule has 2 aliphatic carbocycles. The number of sulfonamides is 1. The van der Waals surface area contributed by atoms with E-state index in [1.807, 2.05) is 25.1 Å². The van der Waals surface area contributed by atoms with Crippen LogP contribution in [0.4, 0.5) is 5.69 Å². The van der Waals surface area contributed by atoms with Crippen molar-refractivity contribution < 1.29 is 32.2 Å². The minimum Gasteiger partial charge on any atom is -0.490 e. The molecule has 0 unspecified atom stereocenters. The molecule has 1 saturated carbocycles. The van der Waals surface area contributed by atoms with Crippen molar-refractivity contribution in [2.45, 2.75) is 82.0 Å². The molecule has 1 fully saturated rings. The number of benzene rings is 2. The van der Waals surface area contributed by atoms with Gasteiger partial charge in [0.1, 0.15) is 12.4 Å². The second-order valence-corrected chi connectivity index (χ2v) is 17.0. The van der Waals surface area contributed by atoms with E-state index in [9.17, 15) is 18.0 Å². The highest BCUT2D eigenvalue weighted by Gasteiger charge is 2.44. The van der Waals surface area contributed by atoms with E-state index < -0.39 is 21.2 Å². The molecule has 11 heteroatoms. The fourth-order valence-electron chi connectivity index (χ4n) is 8.00. The van der Waals surface area contributed by atoms with Crippen LogP contribution in [-0.4, -0.2) is 71.5 Å². The van der Waals surface area contributed by atoms with Gasteiger partial charge in [-0.25, -0.2) is 13.1 Å². The molecule has 2 aromatic carbocycles. The summed E-state index contributed by atoms with van der Waals surface area (Å²) in [5.74, 6) is 0.262. The Kier molecular flexibility index (Phi) is 11.1. The zero-order valence-electron chi connectivity index (χ0n) is 28.8. The normalized spacial score (nSPS) is 30.2. The van der Waals surface area contributed by atoms with Gasteiger partial charge >= 0.3 is 0 Å². The van der Waals surface area contributed by atoms with Crippen molar-refractivity contribution in [1.29, 1.82) is 0 Å². The Morgan fingerprint density at radius 2 is 2.00 bits per heavy atom. The number of anilines is 1. The lowest BCUT2D eigenvalue weighted by Gasteiger charge is -2.46. The molecule has 1 N–H and O–H groups in total. The average Bonchev–Trinajstić information content (AvgIpc) is 3.21. The molecule has 1 spiro atoms. The van der Waals surface area contributed by atoms with Gasteiger partial charge in [0.05, 0.1) is 23.6 Å². The van der Waals surface area contributed by atoms with Crippen LogP contribution in [-0.2, 0) is 36.1 Å².